The molecule has 0 aliphatic heterocycles. The molecule has 0 aliphatic carbocycles. The smallest absolute Gasteiger partial charge is 0.106 e. The van der Waals surface area contributed by atoms with Gasteiger partial charge in [-0.15, -0.1) is 0 Å². The maximum Gasteiger partial charge on any atom is 0.106 e. The Kier molecular flexibility index (Phi) is 4.64. The molecule has 0 bridgehead atoms. The van der Waals surface area contributed by atoms with E-state index in [2.05, 4.69) is 0 Å². The molecule has 0 fully saturated rings. The average Bonchev–Trinajstić information content (AvgIpc) is 2.23. The van der Waals surface area contributed by atoms with Crippen LogP contribution in [0, 0.1) is 0 Å². The second-order valence-electron chi connectivity index (χ2n) is 3.05. The summed E-state index contributed by atoms with van der Waals surface area (Å²) in [5, 5.41) is 19.6. The zero-order chi connectivity index (χ0) is 11.6. The van der Waals surface area contributed by atoms with E-state index in [0.717, 1.165) is 0 Å². The molecule has 2 atom stereocenters. The van der Waals surface area contributed by atoms with Crippen LogP contribution in [0.5, 0.6) is 0 Å². The quantitative estimate of drug-likeness (QED) is 0.736. The summed E-state index contributed by atoms with van der Waals surface area (Å²) in [4.78, 5) is 0. The summed E-state index contributed by atoms with van der Waals surface area (Å²) in [6.07, 6.45) is -2.18. The van der Waals surface area contributed by atoms with Crippen molar-refractivity contribution in [2.24, 2.45) is 5.73 Å². The summed E-state index contributed by atoms with van der Waals surface area (Å²) >= 11 is 17.3. The Hall–Kier alpha value is -0.0300. The molecule has 0 amide bonds. The van der Waals surface area contributed by atoms with Crippen LogP contribution in [0.3, 0.4) is 0 Å². The third-order valence-corrected chi connectivity index (χ3v) is 3.15. The summed E-state index contributed by atoms with van der Waals surface area (Å²) in [5.41, 5.74) is 5.60. The average molecular weight is 271 g/mol. The zero-order valence-corrected chi connectivity index (χ0v) is 9.89. The predicted molar refractivity (Wildman–Crippen MR) is 61.5 cm³/mol. The molecular formula is C9H10Cl3NO2. The normalized spacial score (nSPS) is 15.1. The van der Waals surface area contributed by atoms with E-state index in [1.54, 1.807) is 0 Å². The molecule has 0 spiro atoms. The highest BCUT2D eigenvalue weighted by molar-refractivity contribution is 6.48. The summed E-state index contributed by atoms with van der Waals surface area (Å²) in [5.74, 6) is 0. The Labute approximate surface area is 102 Å². The fraction of sp³-hybridized carbons (Fsp3) is 0.333. The van der Waals surface area contributed by atoms with Gasteiger partial charge in [-0.1, -0.05) is 34.8 Å². The molecule has 1 rings (SSSR count). The number of rotatable bonds is 3. The monoisotopic (exact) mass is 269 g/mol. The fourth-order valence-corrected chi connectivity index (χ4v) is 1.71. The Morgan fingerprint density at radius 1 is 1.13 bits per heavy atom. The third kappa shape index (κ3) is 2.97. The molecule has 0 saturated heterocycles. The van der Waals surface area contributed by atoms with Crippen molar-refractivity contribution in [2.45, 2.75) is 12.2 Å². The highest BCUT2D eigenvalue weighted by Crippen LogP contribution is 2.33. The number of nitrogens with two attached hydrogens (primary N) is 1. The summed E-state index contributed by atoms with van der Waals surface area (Å²) in [6, 6.07) is 2.89. The minimum absolute atomic E-state index is 0.0565. The minimum atomic E-state index is -1.12. The largest absolute Gasteiger partial charge is 0.389 e. The van der Waals surface area contributed by atoms with Gasteiger partial charge in [0.15, 0.2) is 0 Å². The molecule has 6 heteroatoms. The molecule has 0 heterocycles. The Bertz CT molecular complexity index is 336. The second kappa shape index (κ2) is 5.34. The molecule has 15 heavy (non-hydrogen) atoms. The molecule has 4 N–H and O–H groups in total. The van der Waals surface area contributed by atoms with E-state index in [0.29, 0.717) is 5.56 Å². The molecular weight excluding hydrogens is 260 g/mol. The van der Waals surface area contributed by atoms with E-state index in [9.17, 15) is 10.2 Å². The van der Waals surface area contributed by atoms with Crippen LogP contribution >= 0.6 is 34.8 Å². The van der Waals surface area contributed by atoms with Crippen LogP contribution in [0.1, 0.15) is 11.7 Å². The molecule has 0 aromatic heterocycles. The summed E-state index contributed by atoms with van der Waals surface area (Å²) in [7, 11) is 0. The SMILES string of the molecule is NCC(O)C(O)c1cc(Cl)c(Cl)c(Cl)c1. The van der Waals surface area contributed by atoms with Gasteiger partial charge < -0.3 is 15.9 Å². The first-order valence-corrected chi connectivity index (χ1v) is 5.31. The van der Waals surface area contributed by atoms with Crippen LogP contribution in [0.2, 0.25) is 15.1 Å². The first kappa shape index (κ1) is 13.0. The van der Waals surface area contributed by atoms with E-state index >= 15 is 0 Å². The van der Waals surface area contributed by atoms with E-state index in [1.807, 2.05) is 0 Å². The lowest BCUT2D eigenvalue weighted by molar-refractivity contribution is 0.0243. The van der Waals surface area contributed by atoms with Crippen molar-refractivity contribution in [1.82, 2.24) is 0 Å². The van der Waals surface area contributed by atoms with E-state index in [1.165, 1.54) is 12.1 Å². The van der Waals surface area contributed by atoms with Crippen LogP contribution in [-0.2, 0) is 0 Å². The highest BCUT2D eigenvalue weighted by Gasteiger charge is 2.19. The highest BCUT2D eigenvalue weighted by atomic mass is 35.5. The Morgan fingerprint density at radius 2 is 1.60 bits per heavy atom. The van der Waals surface area contributed by atoms with Gasteiger partial charge in [0, 0.05) is 6.54 Å². The Morgan fingerprint density at radius 3 is 2.00 bits per heavy atom. The standard InChI is InChI=1S/C9H10Cl3NO2/c10-5-1-4(2-6(11)8(5)12)9(15)7(14)3-13/h1-2,7,9,14-15H,3,13H2. The van der Waals surface area contributed by atoms with Gasteiger partial charge in [0.1, 0.15) is 6.10 Å². The van der Waals surface area contributed by atoms with Crippen molar-refractivity contribution in [2.75, 3.05) is 6.54 Å². The minimum Gasteiger partial charge on any atom is -0.389 e. The molecule has 1 aromatic rings. The van der Waals surface area contributed by atoms with Gasteiger partial charge in [-0.2, -0.15) is 0 Å². The molecule has 84 valence electrons. The van der Waals surface area contributed by atoms with Gasteiger partial charge in [-0.05, 0) is 17.7 Å². The lowest BCUT2D eigenvalue weighted by atomic mass is 10.0. The lowest BCUT2D eigenvalue weighted by Crippen LogP contribution is -2.27. The second-order valence-corrected chi connectivity index (χ2v) is 4.24. The summed E-state index contributed by atoms with van der Waals surface area (Å²) in [6.45, 7) is -0.0565. The first-order chi connectivity index (χ1) is 6.97. The molecule has 3 nitrogen and oxygen atoms in total. The first-order valence-electron chi connectivity index (χ1n) is 4.18. The fourth-order valence-electron chi connectivity index (χ4n) is 1.10. The molecule has 0 saturated carbocycles. The number of aliphatic hydroxyl groups is 2. The molecule has 0 aliphatic rings. The van der Waals surface area contributed by atoms with Crippen molar-refractivity contribution in [3.8, 4) is 0 Å². The number of benzene rings is 1. The Balaban J connectivity index is 3.06. The van der Waals surface area contributed by atoms with Crippen molar-refractivity contribution in [3.63, 3.8) is 0 Å². The zero-order valence-electron chi connectivity index (χ0n) is 7.62. The van der Waals surface area contributed by atoms with Gasteiger partial charge in [0.05, 0.1) is 21.2 Å². The van der Waals surface area contributed by atoms with E-state index in [4.69, 9.17) is 40.5 Å². The summed E-state index contributed by atoms with van der Waals surface area (Å²) < 4.78 is 0. The number of halogens is 3. The van der Waals surface area contributed by atoms with E-state index < -0.39 is 12.2 Å². The number of hydrogen-bond donors (Lipinski definition) is 3. The maximum absolute atomic E-state index is 9.64. The van der Waals surface area contributed by atoms with Crippen molar-refractivity contribution in [3.05, 3.63) is 32.8 Å². The maximum atomic E-state index is 9.64. The van der Waals surface area contributed by atoms with Crippen LogP contribution in [0.4, 0.5) is 0 Å². The van der Waals surface area contributed by atoms with Gasteiger partial charge >= 0.3 is 0 Å². The van der Waals surface area contributed by atoms with Crippen LogP contribution < -0.4 is 5.73 Å². The third-order valence-electron chi connectivity index (χ3n) is 1.95. The van der Waals surface area contributed by atoms with Crippen molar-refractivity contribution < 1.29 is 10.2 Å². The topological polar surface area (TPSA) is 66.5 Å². The number of aliphatic hydroxyl groups excluding tert-OH is 2. The van der Waals surface area contributed by atoms with Crippen LogP contribution in [0.25, 0.3) is 0 Å². The van der Waals surface area contributed by atoms with Gasteiger partial charge in [-0.25, -0.2) is 0 Å². The molecule has 2 unspecified atom stereocenters. The van der Waals surface area contributed by atoms with Gasteiger partial charge in [0.25, 0.3) is 0 Å². The number of hydrogen-bond acceptors (Lipinski definition) is 3. The molecule has 0 radical (unpaired) electrons. The lowest BCUT2D eigenvalue weighted by Gasteiger charge is -2.17. The van der Waals surface area contributed by atoms with Gasteiger partial charge in [-0.3, -0.25) is 0 Å². The van der Waals surface area contributed by atoms with Crippen molar-refractivity contribution >= 4 is 34.8 Å². The van der Waals surface area contributed by atoms with Crippen LogP contribution in [-0.4, -0.2) is 22.9 Å². The molecule has 1 aromatic carbocycles. The van der Waals surface area contributed by atoms with Crippen LogP contribution in [0.15, 0.2) is 12.1 Å². The van der Waals surface area contributed by atoms with Gasteiger partial charge in [0.2, 0.25) is 0 Å². The predicted octanol–water partition coefficient (Wildman–Crippen LogP) is 2.00. The van der Waals surface area contributed by atoms with Crippen molar-refractivity contribution in [1.29, 1.82) is 0 Å². The van der Waals surface area contributed by atoms with E-state index in [-0.39, 0.29) is 21.6 Å².